The zero-order valence-corrected chi connectivity index (χ0v) is 13.4. The Morgan fingerprint density at radius 3 is 2.57 bits per heavy atom. The molecule has 0 saturated carbocycles. The summed E-state index contributed by atoms with van der Waals surface area (Å²) in [5, 5.41) is 4.11. The van der Waals surface area contributed by atoms with E-state index in [1.165, 1.54) is 5.69 Å². The Bertz CT molecular complexity index is 641. The number of piperazine rings is 1. The molecule has 0 aliphatic carbocycles. The lowest BCUT2D eigenvalue weighted by molar-refractivity contribution is 0.192. The van der Waals surface area contributed by atoms with Gasteiger partial charge in [0.05, 0.1) is 6.61 Å². The van der Waals surface area contributed by atoms with Crippen LogP contribution in [0.2, 0.25) is 0 Å². The third-order valence-electron chi connectivity index (χ3n) is 4.72. The zero-order valence-electron chi connectivity index (χ0n) is 13.4. The lowest BCUT2D eigenvalue weighted by Gasteiger charge is -2.34. The van der Waals surface area contributed by atoms with Crippen molar-refractivity contribution < 1.29 is 9.26 Å². The molecule has 0 N–H and O–H groups in total. The quantitative estimate of drug-likeness (QED) is 0.863. The molecule has 6 nitrogen and oxygen atoms in total. The molecule has 1 aromatic heterocycles. The van der Waals surface area contributed by atoms with E-state index in [9.17, 15) is 0 Å². The van der Waals surface area contributed by atoms with Crippen LogP contribution < -0.4 is 4.90 Å². The van der Waals surface area contributed by atoms with Crippen molar-refractivity contribution in [3.63, 3.8) is 0 Å². The number of ether oxygens (including phenoxy) is 1. The minimum absolute atomic E-state index is 0.275. The zero-order chi connectivity index (χ0) is 15.6. The van der Waals surface area contributed by atoms with Crippen LogP contribution in [0.3, 0.4) is 0 Å². The summed E-state index contributed by atoms with van der Waals surface area (Å²) in [5.41, 5.74) is 2.23. The van der Waals surface area contributed by atoms with Gasteiger partial charge in [-0.2, -0.15) is 4.98 Å². The van der Waals surface area contributed by atoms with Crippen molar-refractivity contribution in [3.8, 4) is 11.5 Å². The van der Waals surface area contributed by atoms with E-state index in [1.54, 1.807) is 0 Å². The fourth-order valence-corrected chi connectivity index (χ4v) is 3.14. The molecule has 1 unspecified atom stereocenters. The number of hydrogen-bond donors (Lipinski definition) is 0. The number of benzene rings is 1. The molecular weight excluding hydrogens is 292 g/mol. The first-order chi connectivity index (χ1) is 11.3. The Balaban J connectivity index is 1.47. The molecular formula is C17H22N4O2. The van der Waals surface area contributed by atoms with Gasteiger partial charge in [0.25, 0.3) is 5.89 Å². The average Bonchev–Trinajstić information content (AvgIpc) is 3.27. The molecule has 0 bridgehead atoms. The van der Waals surface area contributed by atoms with Crippen molar-refractivity contribution in [1.82, 2.24) is 15.0 Å². The molecule has 3 heterocycles. The molecule has 2 saturated heterocycles. The van der Waals surface area contributed by atoms with Gasteiger partial charge in [0.1, 0.15) is 0 Å². The third-order valence-corrected chi connectivity index (χ3v) is 4.72. The van der Waals surface area contributed by atoms with Gasteiger partial charge in [0.15, 0.2) is 5.82 Å². The number of hydrogen-bond acceptors (Lipinski definition) is 6. The molecule has 2 aliphatic heterocycles. The number of nitrogens with zero attached hydrogens (tertiary/aromatic N) is 4. The van der Waals surface area contributed by atoms with E-state index in [-0.39, 0.29) is 5.92 Å². The summed E-state index contributed by atoms with van der Waals surface area (Å²) < 4.78 is 10.8. The summed E-state index contributed by atoms with van der Waals surface area (Å²) >= 11 is 0. The van der Waals surface area contributed by atoms with Crippen molar-refractivity contribution in [2.24, 2.45) is 0 Å². The second-order valence-electron chi connectivity index (χ2n) is 6.36. The van der Waals surface area contributed by atoms with Crippen LogP contribution in [0.4, 0.5) is 5.69 Å². The first kappa shape index (κ1) is 14.7. The Kier molecular flexibility index (Phi) is 4.01. The van der Waals surface area contributed by atoms with Gasteiger partial charge >= 0.3 is 0 Å². The van der Waals surface area contributed by atoms with Crippen molar-refractivity contribution >= 4 is 5.69 Å². The summed E-state index contributed by atoms with van der Waals surface area (Å²) in [5.74, 6) is 1.63. The van der Waals surface area contributed by atoms with Gasteiger partial charge in [-0.15, -0.1) is 0 Å². The molecule has 1 aromatic carbocycles. The molecule has 0 amide bonds. The van der Waals surface area contributed by atoms with Crippen LogP contribution in [-0.4, -0.2) is 61.5 Å². The summed E-state index contributed by atoms with van der Waals surface area (Å²) in [7, 11) is 2.17. The van der Waals surface area contributed by atoms with Crippen molar-refractivity contribution in [1.29, 1.82) is 0 Å². The molecule has 6 heteroatoms. The monoisotopic (exact) mass is 314 g/mol. The molecule has 2 aliphatic rings. The van der Waals surface area contributed by atoms with E-state index in [0.29, 0.717) is 12.5 Å². The third kappa shape index (κ3) is 3.09. The fourth-order valence-electron chi connectivity index (χ4n) is 3.14. The van der Waals surface area contributed by atoms with E-state index in [2.05, 4.69) is 51.3 Å². The summed E-state index contributed by atoms with van der Waals surface area (Å²) in [6.07, 6.45) is 0.974. The van der Waals surface area contributed by atoms with Crippen LogP contribution in [0.1, 0.15) is 18.2 Å². The molecule has 4 rings (SSSR count). The molecule has 1 atom stereocenters. The lowest BCUT2D eigenvalue weighted by atomic mass is 10.1. The van der Waals surface area contributed by atoms with Gasteiger partial charge in [-0.3, -0.25) is 0 Å². The first-order valence-electron chi connectivity index (χ1n) is 8.25. The molecule has 23 heavy (non-hydrogen) atoms. The molecule has 2 fully saturated rings. The number of aromatic nitrogens is 2. The Morgan fingerprint density at radius 1 is 1.09 bits per heavy atom. The smallest absolute Gasteiger partial charge is 0.257 e. The number of anilines is 1. The maximum Gasteiger partial charge on any atom is 0.257 e. The van der Waals surface area contributed by atoms with Gasteiger partial charge < -0.3 is 19.1 Å². The van der Waals surface area contributed by atoms with E-state index >= 15 is 0 Å². The Labute approximate surface area is 136 Å². The molecule has 2 aromatic rings. The van der Waals surface area contributed by atoms with Crippen molar-refractivity contribution in [3.05, 3.63) is 30.1 Å². The molecule has 0 radical (unpaired) electrons. The normalized spacial score (nSPS) is 22.7. The van der Waals surface area contributed by atoms with Crippen LogP contribution in [0.5, 0.6) is 0 Å². The highest BCUT2D eigenvalue weighted by Gasteiger charge is 2.23. The first-order valence-corrected chi connectivity index (χ1v) is 8.25. The van der Waals surface area contributed by atoms with Gasteiger partial charge in [-0.1, -0.05) is 5.16 Å². The van der Waals surface area contributed by atoms with E-state index in [4.69, 9.17) is 9.26 Å². The van der Waals surface area contributed by atoms with Crippen LogP contribution in [0.15, 0.2) is 28.8 Å². The molecule has 0 spiro atoms. The van der Waals surface area contributed by atoms with Crippen LogP contribution in [-0.2, 0) is 4.74 Å². The highest BCUT2D eigenvalue weighted by atomic mass is 16.5. The maximum absolute atomic E-state index is 5.43. The predicted octanol–water partition coefficient (Wildman–Crippen LogP) is 1.99. The number of rotatable bonds is 3. The summed E-state index contributed by atoms with van der Waals surface area (Å²) in [4.78, 5) is 9.31. The van der Waals surface area contributed by atoms with Gasteiger partial charge in [-0.05, 0) is 37.7 Å². The van der Waals surface area contributed by atoms with Gasteiger partial charge in [0.2, 0.25) is 0 Å². The van der Waals surface area contributed by atoms with Crippen molar-refractivity contribution in [2.45, 2.75) is 12.3 Å². The van der Waals surface area contributed by atoms with Crippen LogP contribution in [0, 0.1) is 0 Å². The second-order valence-corrected chi connectivity index (χ2v) is 6.36. The highest BCUT2D eigenvalue weighted by molar-refractivity contribution is 5.59. The van der Waals surface area contributed by atoms with Crippen molar-refractivity contribution in [2.75, 3.05) is 51.3 Å². The highest BCUT2D eigenvalue weighted by Crippen LogP contribution is 2.27. The van der Waals surface area contributed by atoms with E-state index < -0.39 is 0 Å². The Morgan fingerprint density at radius 2 is 1.87 bits per heavy atom. The fraction of sp³-hybridized carbons (Fsp3) is 0.529. The molecule has 122 valence electrons. The minimum atomic E-state index is 0.275. The topological polar surface area (TPSA) is 54.6 Å². The standard InChI is InChI=1S/C17H22N4O2/c1-20-7-9-21(10-8-20)15-4-2-13(3-5-15)17-18-16(19-23-17)14-6-11-22-12-14/h2-5,14H,6-12H2,1H3. The summed E-state index contributed by atoms with van der Waals surface area (Å²) in [6, 6.07) is 8.42. The van der Waals surface area contributed by atoms with Gasteiger partial charge in [0, 0.05) is 50.0 Å². The lowest BCUT2D eigenvalue weighted by Crippen LogP contribution is -2.44. The predicted molar refractivity (Wildman–Crippen MR) is 87.6 cm³/mol. The number of likely N-dealkylation sites (N-methyl/N-ethyl adjacent to an activating group) is 1. The average molecular weight is 314 g/mol. The largest absolute Gasteiger partial charge is 0.381 e. The maximum atomic E-state index is 5.43. The minimum Gasteiger partial charge on any atom is -0.381 e. The van der Waals surface area contributed by atoms with E-state index in [1.807, 2.05) is 0 Å². The van der Waals surface area contributed by atoms with E-state index in [0.717, 1.165) is 50.6 Å². The van der Waals surface area contributed by atoms with Crippen LogP contribution >= 0.6 is 0 Å². The SMILES string of the molecule is CN1CCN(c2ccc(-c3nc(C4CCOC4)no3)cc2)CC1. The Hall–Kier alpha value is -1.92. The van der Waals surface area contributed by atoms with Gasteiger partial charge in [-0.25, -0.2) is 0 Å². The second kappa shape index (κ2) is 6.29. The summed E-state index contributed by atoms with van der Waals surface area (Å²) in [6.45, 7) is 5.84. The van der Waals surface area contributed by atoms with Crippen LogP contribution in [0.25, 0.3) is 11.5 Å².